The predicted molar refractivity (Wildman–Crippen MR) is 71.5 cm³/mol. The van der Waals surface area contributed by atoms with Crippen molar-refractivity contribution in [2.24, 2.45) is 0 Å². The van der Waals surface area contributed by atoms with Gasteiger partial charge < -0.3 is 5.32 Å². The lowest BCUT2D eigenvalue weighted by Crippen LogP contribution is -2.25. The van der Waals surface area contributed by atoms with Crippen LogP contribution >= 0.6 is 11.3 Å². The fourth-order valence-corrected chi connectivity index (χ4v) is 2.35. The Kier molecular flexibility index (Phi) is 3.94. The van der Waals surface area contributed by atoms with Crippen LogP contribution < -0.4 is 5.32 Å². The Balaban J connectivity index is 1.85. The Morgan fingerprint density at radius 2 is 2.18 bits per heavy atom. The van der Waals surface area contributed by atoms with Gasteiger partial charge in [0.05, 0.1) is 0 Å². The van der Waals surface area contributed by atoms with Crippen LogP contribution in [-0.2, 0) is 6.42 Å². The number of thiophene rings is 1. The number of hydrogen-bond acceptors (Lipinski definition) is 2. The minimum absolute atomic E-state index is 0.00487. The summed E-state index contributed by atoms with van der Waals surface area (Å²) in [6.07, 6.45) is 0.898. The molecule has 0 atom stereocenters. The van der Waals surface area contributed by atoms with Crippen LogP contribution in [0.25, 0.3) is 0 Å². The van der Waals surface area contributed by atoms with Gasteiger partial charge in [0, 0.05) is 17.0 Å². The van der Waals surface area contributed by atoms with Crippen molar-refractivity contribution >= 4 is 17.2 Å². The summed E-state index contributed by atoms with van der Waals surface area (Å²) in [5.41, 5.74) is 1.84. The van der Waals surface area contributed by atoms with Gasteiger partial charge in [0.15, 0.2) is 0 Å². The zero-order chi connectivity index (χ0) is 12.1. The van der Waals surface area contributed by atoms with Gasteiger partial charge in [-0.25, -0.2) is 0 Å². The highest BCUT2D eigenvalue weighted by atomic mass is 32.1. The molecule has 17 heavy (non-hydrogen) atoms. The molecule has 0 saturated carbocycles. The van der Waals surface area contributed by atoms with Gasteiger partial charge in [0.2, 0.25) is 0 Å². The fourth-order valence-electron chi connectivity index (χ4n) is 1.64. The molecule has 0 unspecified atom stereocenters. The van der Waals surface area contributed by atoms with E-state index in [2.05, 4.69) is 16.8 Å². The van der Waals surface area contributed by atoms with E-state index >= 15 is 0 Å². The van der Waals surface area contributed by atoms with Gasteiger partial charge in [-0.05, 0) is 36.9 Å². The number of rotatable bonds is 4. The molecule has 1 aromatic carbocycles. The average molecular weight is 245 g/mol. The van der Waals surface area contributed by atoms with Gasteiger partial charge in [-0.15, -0.1) is 11.3 Å². The molecule has 0 aliphatic rings. The molecule has 0 fully saturated rings. The van der Waals surface area contributed by atoms with E-state index in [1.54, 1.807) is 11.3 Å². The third-order valence-electron chi connectivity index (χ3n) is 2.52. The maximum Gasteiger partial charge on any atom is 0.251 e. The molecule has 88 valence electrons. The first kappa shape index (κ1) is 11.9. The third kappa shape index (κ3) is 3.43. The first-order valence-electron chi connectivity index (χ1n) is 5.63. The van der Waals surface area contributed by atoms with Crippen LogP contribution in [0, 0.1) is 6.92 Å². The van der Waals surface area contributed by atoms with Crippen molar-refractivity contribution < 1.29 is 4.79 Å². The first-order valence-corrected chi connectivity index (χ1v) is 6.51. The summed E-state index contributed by atoms with van der Waals surface area (Å²) in [6.45, 7) is 2.68. The number of amides is 1. The van der Waals surface area contributed by atoms with Crippen LogP contribution in [-0.4, -0.2) is 12.5 Å². The Hall–Kier alpha value is -1.61. The number of hydrogen-bond donors (Lipinski definition) is 1. The second-order valence-electron chi connectivity index (χ2n) is 3.95. The molecule has 2 aromatic rings. The second kappa shape index (κ2) is 5.64. The molecule has 0 radical (unpaired) electrons. The van der Waals surface area contributed by atoms with Crippen LogP contribution in [0.4, 0.5) is 0 Å². The highest BCUT2D eigenvalue weighted by Crippen LogP contribution is 2.08. The summed E-state index contributed by atoms with van der Waals surface area (Å²) in [6, 6.07) is 11.8. The predicted octanol–water partition coefficient (Wildman–Crippen LogP) is 3.03. The van der Waals surface area contributed by atoms with Crippen molar-refractivity contribution in [2.45, 2.75) is 13.3 Å². The second-order valence-corrected chi connectivity index (χ2v) is 4.99. The van der Waals surface area contributed by atoms with Gasteiger partial charge in [-0.2, -0.15) is 0 Å². The van der Waals surface area contributed by atoms with Gasteiger partial charge in [-0.1, -0.05) is 23.8 Å². The quantitative estimate of drug-likeness (QED) is 0.881. The summed E-state index contributed by atoms with van der Waals surface area (Å²) >= 11 is 1.72. The lowest BCUT2D eigenvalue weighted by molar-refractivity contribution is 0.0954. The fraction of sp³-hybridized carbons (Fsp3) is 0.214. The van der Waals surface area contributed by atoms with Crippen molar-refractivity contribution in [2.75, 3.05) is 6.54 Å². The summed E-state index contributed by atoms with van der Waals surface area (Å²) in [7, 11) is 0. The van der Waals surface area contributed by atoms with E-state index in [0.717, 1.165) is 17.5 Å². The highest BCUT2D eigenvalue weighted by Gasteiger charge is 2.04. The molecule has 2 nitrogen and oxygen atoms in total. The summed E-state index contributed by atoms with van der Waals surface area (Å²) in [5, 5.41) is 4.99. The molecule has 2 rings (SSSR count). The Labute approximate surface area is 105 Å². The average Bonchev–Trinajstić information content (AvgIpc) is 2.82. The molecule has 0 spiro atoms. The minimum atomic E-state index is 0.00487. The van der Waals surface area contributed by atoms with Crippen molar-refractivity contribution in [3.8, 4) is 0 Å². The number of carbonyl (C=O) groups excluding carboxylic acids is 1. The van der Waals surface area contributed by atoms with E-state index < -0.39 is 0 Å². The van der Waals surface area contributed by atoms with E-state index in [1.165, 1.54) is 4.88 Å². The van der Waals surface area contributed by atoms with Gasteiger partial charge >= 0.3 is 0 Å². The number of nitrogens with one attached hydrogen (secondary N) is 1. The molecule has 1 heterocycles. The Morgan fingerprint density at radius 1 is 1.29 bits per heavy atom. The standard InChI is InChI=1S/C14H15NOS/c1-11-4-2-5-12(10-11)14(16)15-8-7-13-6-3-9-17-13/h2-6,9-10H,7-8H2,1H3,(H,15,16). The lowest BCUT2D eigenvalue weighted by Gasteiger charge is -2.04. The molecule has 0 saturated heterocycles. The third-order valence-corrected chi connectivity index (χ3v) is 3.45. The molecule has 1 amide bonds. The first-order chi connectivity index (χ1) is 8.25. The Bertz CT molecular complexity index is 491. The van der Waals surface area contributed by atoms with Gasteiger partial charge in [-0.3, -0.25) is 4.79 Å². The molecule has 0 aliphatic heterocycles. The van der Waals surface area contributed by atoms with Crippen LogP contribution in [0.15, 0.2) is 41.8 Å². The zero-order valence-electron chi connectivity index (χ0n) is 9.77. The number of benzene rings is 1. The van der Waals surface area contributed by atoms with E-state index in [9.17, 15) is 4.79 Å². The highest BCUT2D eigenvalue weighted by molar-refractivity contribution is 7.09. The smallest absolute Gasteiger partial charge is 0.251 e. The molecule has 0 aliphatic carbocycles. The molecule has 1 N–H and O–H groups in total. The maximum absolute atomic E-state index is 11.8. The van der Waals surface area contributed by atoms with E-state index in [0.29, 0.717) is 6.54 Å². The van der Waals surface area contributed by atoms with Crippen molar-refractivity contribution in [1.29, 1.82) is 0 Å². The van der Waals surface area contributed by atoms with E-state index in [4.69, 9.17) is 0 Å². The Morgan fingerprint density at radius 3 is 2.88 bits per heavy atom. The summed E-state index contributed by atoms with van der Waals surface area (Å²) in [4.78, 5) is 13.1. The van der Waals surface area contributed by atoms with Crippen LogP contribution in [0.1, 0.15) is 20.8 Å². The van der Waals surface area contributed by atoms with Crippen LogP contribution in [0.5, 0.6) is 0 Å². The van der Waals surface area contributed by atoms with Gasteiger partial charge in [0.25, 0.3) is 5.91 Å². The monoisotopic (exact) mass is 245 g/mol. The normalized spacial score (nSPS) is 10.2. The van der Waals surface area contributed by atoms with Crippen molar-refractivity contribution in [1.82, 2.24) is 5.32 Å². The SMILES string of the molecule is Cc1cccc(C(=O)NCCc2cccs2)c1. The zero-order valence-corrected chi connectivity index (χ0v) is 10.6. The summed E-state index contributed by atoms with van der Waals surface area (Å²) in [5.74, 6) is 0.00487. The van der Waals surface area contributed by atoms with Crippen molar-refractivity contribution in [3.05, 3.63) is 57.8 Å². The minimum Gasteiger partial charge on any atom is -0.352 e. The van der Waals surface area contributed by atoms with Crippen LogP contribution in [0.3, 0.4) is 0 Å². The number of aryl methyl sites for hydroxylation is 1. The summed E-state index contributed by atoms with van der Waals surface area (Å²) < 4.78 is 0. The lowest BCUT2D eigenvalue weighted by atomic mass is 10.1. The van der Waals surface area contributed by atoms with E-state index in [1.807, 2.05) is 37.3 Å². The maximum atomic E-state index is 11.8. The molecular formula is C14H15NOS. The van der Waals surface area contributed by atoms with E-state index in [-0.39, 0.29) is 5.91 Å². The molecular weight excluding hydrogens is 230 g/mol. The number of carbonyl (C=O) groups is 1. The van der Waals surface area contributed by atoms with Crippen LogP contribution in [0.2, 0.25) is 0 Å². The van der Waals surface area contributed by atoms with Gasteiger partial charge in [0.1, 0.15) is 0 Å². The topological polar surface area (TPSA) is 29.1 Å². The van der Waals surface area contributed by atoms with Crippen molar-refractivity contribution in [3.63, 3.8) is 0 Å². The molecule has 1 aromatic heterocycles. The largest absolute Gasteiger partial charge is 0.352 e. The molecule has 0 bridgehead atoms. The molecule has 3 heteroatoms.